The highest BCUT2D eigenvalue weighted by Gasteiger charge is 2.56. The first-order chi connectivity index (χ1) is 6.59. The van der Waals surface area contributed by atoms with Crippen molar-refractivity contribution in [1.82, 2.24) is 5.32 Å². The van der Waals surface area contributed by atoms with E-state index in [1.165, 1.54) is 6.92 Å². The lowest BCUT2D eigenvalue weighted by Gasteiger charge is -2.24. The number of nitrogens with one attached hydrogen (secondary N) is 1. The summed E-state index contributed by atoms with van der Waals surface area (Å²) in [6, 6.07) is -0.586. The molecule has 1 atom stereocenters. The molecule has 0 unspecified atom stereocenters. The zero-order valence-corrected chi connectivity index (χ0v) is 7.91. The van der Waals surface area contributed by atoms with Gasteiger partial charge in [-0.05, 0) is 6.92 Å². The molecule has 0 spiro atoms. The SMILES string of the molecule is C[C@H](CN)NCC(C(F)(F)F)C(F)(F)F. The van der Waals surface area contributed by atoms with Crippen LogP contribution in [0.25, 0.3) is 0 Å². The van der Waals surface area contributed by atoms with Gasteiger partial charge in [-0.3, -0.25) is 0 Å². The summed E-state index contributed by atoms with van der Waals surface area (Å²) < 4.78 is 71.9. The van der Waals surface area contributed by atoms with Crippen LogP contribution in [0, 0.1) is 5.92 Å². The monoisotopic (exact) mass is 238 g/mol. The summed E-state index contributed by atoms with van der Waals surface area (Å²) in [5.74, 6) is -3.35. The normalized spacial score (nSPS) is 15.8. The maximum Gasteiger partial charge on any atom is 0.401 e. The Bertz CT molecular complexity index is 173. The van der Waals surface area contributed by atoms with Crippen LogP contribution in [0.4, 0.5) is 26.3 Å². The Morgan fingerprint density at radius 3 is 1.73 bits per heavy atom. The van der Waals surface area contributed by atoms with Crippen LogP contribution in [0.5, 0.6) is 0 Å². The number of rotatable bonds is 4. The van der Waals surface area contributed by atoms with E-state index in [1.54, 1.807) is 0 Å². The molecule has 0 heterocycles. The number of hydrogen-bond donors (Lipinski definition) is 2. The van der Waals surface area contributed by atoms with Crippen LogP contribution >= 0.6 is 0 Å². The van der Waals surface area contributed by atoms with Gasteiger partial charge in [0.25, 0.3) is 0 Å². The second-order valence-corrected chi connectivity index (χ2v) is 3.18. The number of alkyl halides is 6. The lowest BCUT2D eigenvalue weighted by atomic mass is 10.1. The molecule has 0 rings (SSSR count). The van der Waals surface area contributed by atoms with E-state index in [4.69, 9.17) is 5.73 Å². The van der Waals surface area contributed by atoms with E-state index in [0.29, 0.717) is 0 Å². The summed E-state index contributed by atoms with van der Waals surface area (Å²) in [6.45, 7) is 0.178. The van der Waals surface area contributed by atoms with Crippen molar-refractivity contribution in [3.63, 3.8) is 0 Å². The molecule has 0 aliphatic carbocycles. The van der Waals surface area contributed by atoms with Crippen LogP contribution in [0.15, 0.2) is 0 Å². The zero-order chi connectivity index (χ0) is 12.3. The predicted molar refractivity (Wildman–Crippen MR) is 42.1 cm³/mol. The summed E-state index contributed by atoms with van der Waals surface area (Å²) in [4.78, 5) is 0. The van der Waals surface area contributed by atoms with Gasteiger partial charge in [-0.25, -0.2) is 0 Å². The zero-order valence-electron chi connectivity index (χ0n) is 7.91. The molecule has 0 saturated carbocycles. The molecule has 0 aromatic heterocycles. The van der Waals surface area contributed by atoms with Crippen molar-refractivity contribution < 1.29 is 26.3 Å². The van der Waals surface area contributed by atoms with Gasteiger partial charge < -0.3 is 11.1 Å². The van der Waals surface area contributed by atoms with Gasteiger partial charge in [-0.2, -0.15) is 26.3 Å². The van der Waals surface area contributed by atoms with Gasteiger partial charge in [-0.15, -0.1) is 0 Å². The van der Waals surface area contributed by atoms with E-state index in [9.17, 15) is 26.3 Å². The number of halogens is 6. The fourth-order valence-corrected chi connectivity index (χ4v) is 0.819. The topological polar surface area (TPSA) is 38.0 Å². The van der Waals surface area contributed by atoms with E-state index in [2.05, 4.69) is 5.32 Å². The quantitative estimate of drug-likeness (QED) is 0.731. The Morgan fingerprint density at radius 2 is 1.47 bits per heavy atom. The van der Waals surface area contributed by atoms with E-state index < -0.39 is 30.9 Å². The van der Waals surface area contributed by atoms with Crippen molar-refractivity contribution in [2.75, 3.05) is 13.1 Å². The molecular weight excluding hydrogens is 226 g/mol. The third-order valence-corrected chi connectivity index (χ3v) is 1.81. The summed E-state index contributed by atoms with van der Waals surface area (Å²) in [7, 11) is 0. The average Bonchev–Trinajstić information content (AvgIpc) is 1.99. The van der Waals surface area contributed by atoms with Crippen LogP contribution in [0.1, 0.15) is 6.92 Å². The van der Waals surface area contributed by atoms with Crippen molar-refractivity contribution in [2.45, 2.75) is 25.3 Å². The number of hydrogen-bond acceptors (Lipinski definition) is 2. The van der Waals surface area contributed by atoms with Gasteiger partial charge in [-0.1, -0.05) is 0 Å². The molecule has 0 amide bonds. The maximum atomic E-state index is 12.0. The molecule has 0 fully saturated rings. The van der Waals surface area contributed by atoms with Crippen molar-refractivity contribution in [3.05, 3.63) is 0 Å². The fraction of sp³-hybridized carbons (Fsp3) is 1.00. The third kappa shape index (κ3) is 5.22. The van der Waals surface area contributed by atoms with Crippen LogP contribution < -0.4 is 11.1 Å². The molecule has 15 heavy (non-hydrogen) atoms. The van der Waals surface area contributed by atoms with E-state index in [-0.39, 0.29) is 6.54 Å². The van der Waals surface area contributed by atoms with Crippen molar-refractivity contribution in [2.24, 2.45) is 11.7 Å². The van der Waals surface area contributed by atoms with Crippen LogP contribution in [-0.4, -0.2) is 31.5 Å². The Labute approximate surface area is 82.8 Å². The second-order valence-electron chi connectivity index (χ2n) is 3.18. The molecule has 3 N–H and O–H groups in total. The molecule has 2 nitrogen and oxygen atoms in total. The highest BCUT2D eigenvalue weighted by atomic mass is 19.4. The molecule has 0 bridgehead atoms. The molecular formula is C7H12F6N2. The van der Waals surface area contributed by atoms with Crippen molar-refractivity contribution in [1.29, 1.82) is 0 Å². The molecule has 8 heteroatoms. The minimum atomic E-state index is -5.29. The largest absolute Gasteiger partial charge is 0.401 e. The second kappa shape index (κ2) is 5.02. The Kier molecular flexibility index (Phi) is 4.85. The molecule has 0 aromatic rings. The van der Waals surface area contributed by atoms with Gasteiger partial charge >= 0.3 is 12.4 Å². The van der Waals surface area contributed by atoms with Crippen LogP contribution in [-0.2, 0) is 0 Å². The smallest absolute Gasteiger partial charge is 0.329 e. The number of nitrogens with two attached hydrogens (primary N) is 1. The van der Waals surface area contributed by atoms with Crippen LogP contribution in [0.3, 0.4) is 0 Å². The van der Waals surface area contributed by atoms with E-state index >= 15 is 0 Å². The highest BCUT2D eigenvalue weighted by molar-refractivity contribution is 4.78. The Hall–Kier alpha value is -0.500. The van der Waals surface area contributed by atoms with Crippen molar-refractivity contribution >= 4 is 0 Å². The third-order valence-electron chi connectivity index (χ3n) is 1.81. The first kappa shape index (κ1) is 14.5. The van der Waals surface area contributed by atoms with Gasteiger partial charge in [0.2, 0.25) is 0 Å². The lowest BCUT2D eigenvalue weighted by Crippen LogP contribution is -2.46. The summed E-state index contributed by atoms with van der Waals surface area (Å²) in [5.41, 5.74) is 5.05. The molecule has 0 aromatic carbocycles. The molecule has 0 aliphatic rings. The first-order valence-corrected chi connectivity index (χ1v) is 4.16. The van der Waals surface area contributed by atoms with Gasteiger partial charge in [0.1, 0.15) is 0 Å². The van der Waals surface area contributed by atoms with E-state index in [0.717, 1.165) is 0 Å². The Morgan fingerprint density at radius 1 is 1.07 bits per heavy atom. The maximum absolute atomic E-state index is 12.0. The highest BCUT2D eigenvalue weighted by Crippen LogP contribution is 2.38. The lowest BCUT2D eigenvalue weighted by molar-refractivity contribution is -0.282. The minimum absolute atomic E-state index is 0.0254. The van der Waals surface area contributed by atoms with E-state index in [1.807, 2.05) is 0 Å². The molecule has 92 valence electrons. The average molecular weight is 238 g/mol. The van der Waals surface area contributed by atoms with Crippen LogP contribution in [0.2, 0.25) is 0 Å². The molecule has 0 aliphatic heterocycles. The standard InChI is InChI=1S/C7H12F6N2/c1-4(2-14)15-3-5(6(8,9)10)7(11,12)13/h4-5,15H,2-3,14H2,1H3/t4-/m1/s1. The van der Waals surface area contributed by atoms with Gasteiger partial charge in [0.15, 0.2) is 5.92 Å². The van der Waals surface area contributed by atoms with Crippen molar-refractivity contribution in [3.8, 4) is 0 Å². The Balaban J connectivity index is 4.42. The van der Waals surface area contributed by atoms with Gasteiger partial charge in [0.05, 0.1) is 0 Å². The van der Waals surface area contributed by atoms with Gasteiger partial charge in [0, 0.05) is 19.1 Å². The summed E-state index contributed by atoms with van der Waals surface area (Å²) >= 11 is 0. The minimum Gasteiger partial charge on any atom is -0.329 e. The molecule has 0 radical (unpaired) electrons. The first-order valence-electron chi connectivity index (χ1n) is 4.16. The fourth-order valence-electron chi connectivity index (χ4n) is 0.819. The molecule has 0 saturated heterocycles. The summed E-state index contributed by atoms with van der Waals surface area (Å²) in [6.07, 6.45) is -10.6. The predicted octanol–water partition coefficient (Wildman–Crippen LogP) is 1.66. The summed E-state index contributed by atoms with van der Waals surface area (Å²) in [5, 5.41) is 2.08.